The molecule has 0 aliphatic rings. The van der Waals surface area contributed by atoms with Gasteiger partial charge in [-0.25, -0.2) is 0 Å². The van der Waals surface area contributed by atoms with Gasteiger partial charge in [0.2, 0.25) is 5.91 Å². The first kappa shape index (κ1) is 17.9. The summed E-state index contributed by atoms with van der Waals surface area (Å²) in [5.41, 5.74) is 12.7. The fourth-order valence-electron chi connectivity index (χ4n) is 1.99. The lowest BCUT2D eigenvalue weighted by Crippen LogP contribution is -2.36. The lowest BCUT2D eigenvalue weighted by Gasteiger charge is -2.29. The Balaban J connectivity index is 0.00000324. The number of nitrogens with two attached hydrogens (primary N) is 2. The highest BCUT2D eigenvalue weighted by atomic mass is 35.5. The number of benzene rings is 1. The molecule has 4 N–H and O–H groups in total. The van der Waals surface area contributed by atoms with Crippen LogP contribution in [0.4, 0.5) is 0 Å². The van der Waals surface area contributed by atoms with Crippen LogP contribution < -0.4 is 11.5 Å². The molecule has 4 nitrogen and oxygen atoms in total. The fourth-order valence-corrected chi connectivity index (χ4v) is 1.99. The summed E-state index contributed by atoms with van der Waals surface area (Å²) in [5.74, 6) is -0.387. The van der Waals surface area contributed by atoms with E-state index in [2.05, 4.69) is 18.7 Å². The molecule has 0 radical (unpaired) electrons. The van der Waals surface area contributed by atoms with Crippen LogP contribution in [0.25, 0.3) is 0 Å². The molecule has 0 aliphatic carbocycles. The Morgan fingerprint density at radius 1 is 1.37 bits per heavy atom. The number of hydrogen-bond donors (Lipinski definition) is 2. The molecule has 19 heavy (non-hydrogen) atoms. The maximum absolute atomic E-state index is 11.1. The molecule has 1 amide bonds. The molecule has 0 saturated heterocycles. The first-order valence-corrected chi connectivity index (χ1v) is 6.11. The molecular weight excluding hydrogens is 262 g/mol. The van der Waals surface area contributed by atoms with Gasteiger partial charge in [0.05, 0.1) is 0 Å². The van der Waals surface area contributed by atoms with E-state index in [9.17, 15) is 4.79 Å². The molecule has 0 aliphatic heterocycles. The van der Waals surface area contributed by atoms with Gasteiger partial charge in [0, 0.05) is 18.7 Å². The summed E-state index contributed by atoms with van der Waals surface area (Å²) in [6.07, 6.45) is 0. The molecule has 0 bridgehead atoms. The van der Waals surface area contributed by atoms with Gasteiger partial charge in [-0.3, -0.25) is 4.79 Å². The number of primary amides is 1. The summed E-state index contributed by atoms with van der Waals surface area (Å²) in [6, 6.07) is 7.43. The summed E-state index contributed by atoms with van der Waals surface area (Å²) >= 11 is 0. The first-order valence-electron chi connectivity index (χ1n) is 6.11. The maximum atomic E-state index is 11.1. The average Bonchev–Trinajstić information content (AvgIpc) is 2.28. The zero-order chi connectivity index (χ0) is 13.8. The number of halogens is 1. The molecule has 0 heterocycles. The van der Waals surface area contributed by atoms with Crippen LogP contribution in [0.15, 0.2) is 24.3 Å². The monoisotopic (exact) mass is 285 g/mol. The Hall–Kier alpha value is -1.10. The van der Waals surface area contributed by atoms with Crippen LogP contribution in [0.5, 0.6) is 0 Å². The van der Waals surface area contributed by atoms with E-state index in [-0.39, 0.29) is 23.7 Å². The van der Waals surface area contributed by atoms with Crippen molar-refractivity contribution in [1.29, 1.82) is 0 Å². The van der Waals surface area contributed by atoms with Gasteiger partial charge in [-0.2, -0.15) is 0 Å². The Morgan fingerprint density at radius 2 is 2.00 bits per heavy atom. The van der Waals surface area contributed by atoms with Gasteiger partial charge >= 0.3 is 0 Å². The van der Waals surface area contributed by atoms with Crippen molar-refractivity contribution in [3.63, 3.8) is 0 Å². The van der Waals surface area contributed by atoms with E-state index < -0.39 is 0 Å². The molecule has 1 rings (SSSR count). The number of amides is 1. The molecule has 1 aromatic rings. The van der Waals surface area contributed by atoms with E-state index in [1.54, 1.807) is 6.07 Å². The number of nitrogens with zero attached hydrogens (tertiary/aromatic N) is 1. The lowest BCUT2D eigenvalue weighted by molar-refractivity contribution is 0.1000. The van der Waals surface area contributed by atoms with Crippen molar-refractivity contribution in [1.82, 2.24) is 4.90 Å². The van der Waals surface area contributed by atoms with Crippen LogP contribution in [0.3, 0.4) is 0 Å². The number of rotatable bonds is 6. The second-order valence-electron chi connectivity index (χ2n) is 5.61. The Morgan fingerprint density at radius 3 is 2.53 bits per heavy atom. The quantitative estimate of drug-likeness (QED) is 0.834. The first-order chi connectivity index (χ1) is 8.34. The Kier molecular flexibility index (Phi) is 7.05. The summed E-state index contributed by atoms with van der Waals surface area (Å²) < 4.78 is 0. The largest absolute Gasteiger partial charge is 0.366 e. The maximum Gasteiger partial charge on any atom is 0.248 e. The molecular formula is C14H24ClN3O. The minimum atomic E-state index is -0.387. The zero-order valence-corrected chi connectivity index (χ0v) is 12.7. The highest BCUT2D eigenvalue weighted by Gasteiger charge is 2.18. The minimum Gasteiger partial charge on any atom is -0.366 e. The van der Waals surface area contributed by atoms with Gasteiger partial charge in [-0.15, -0.1) is 12.4 Å². The number of carbonyl (C=O) groups excluding carboxylic acids is 1. The zero-order valence-electron chi connectivity index (χ0n) is 11.8. The molecule has 5 heteroatoms. The number of hydrogen-bond acceptors (Lipinski definition) is 3. The fraction of sp³-hybridized carbons (Fsp3) is 0.500. The highest BCUT2D eigenvalue weighted by molar-refractivity contribution is 5.92. The third-order valence-electron chi connectivity index (χ3n) is 2.91. The van der Waals surface area contributed by atoms with Crippen molar-refractivity contribution in [3.05, 3.63) is 35.4 Å². The summed E-state index contributed by atoms with van der Waals surface area (Å²) in [5, 5.41) is 0. The van der Waals surface area contributed by atoms with Crippen molar-refractivity contribution >= 4 is 18.3 Å². The van der Waals surface area contributed by atoms with E-state index in [1.165, 1.54) is 0 Å². The van der Waals surface area contributed by atoms with Crippen LogP contribution >= 0.6 is 12.4 Å². The summed E-state index contributed by atoms with van der Waals surface area (Å²) in [6.45, 7) is 6.63. The lowest BCUT2D eigenvalue weighted by atomic mass is 9.93. The highest BCUT2D eigenvalue weighted by Crippen LogP contribution is 2.16. The number of carbonyl (C=O) groups is 1. The van der Waals surface area contributed by atoms with Crippen LogP contribution in [-0.2, 0) is 6.54 Å². The van der Waals surface area contributed by atoms with Crippen LogP contribution in [0, 0.1) is 5.41 Å². The molecule has 0 aromatic heterocycles. The van der Waals surface area contributed by atoms with Crippen molar-refractivity contribution in [3.8, 4) is 0 Å². The van der Waals surface area contributed by atoms with E-state index in [1.807, 2.05) is 25.2 Å². The van der Waals surface area contributed by atoms with E-state index in [0.29, 0.717) is 12.1 Å². The molecule has 0 unspecified atom stereocenters. The van der Waals surface area contributed by atoms with Crippen molar-refractivity contribution in [2.75, 3.05) is 20.1 Å². The predicted octanol–water partition coefficient (Wildman–Crippen LogP) is 1.62. The Labute approximate surface area is 121 Å². The van der Waals surface area contributed by atoms with E-state index in [0.717, 1.165) is 18.7 Å². The standard InChI is InChI=1S/C14H23N3O.ClH/c1-14(2,9-15)10-17(3)8-11-5-4-6-12(7-11)13(16)18;/h4-7H,8-10,15H2,1-3H3,(H2,16,18);1H. The normalized spacial score (nSPS) is 11.2. The van der Waals surface area contributed by atoms with Gasteiger partial charge < -0.3 is 16.4 Å². The van der Waals surface area contributed by atoms with Crippen molar-refractivity contribution in [2.24, 2.45) is 16.9 Å². The van der Waals surface area contributed by atoms with Crippen molar-refractivity contribution < 1.29 is 4.79 Å². The van der Waals surface area contributed by atoms with Gasteiger partial charge in [-0.05, 0) is 36.7 Å². The average molecular weight is 286 g/mol. The third kappa shape index (κ3) is 6.05. The van der Waals surface area contributed by atoms with E-state index >= 15 is 0 Å². The predicted molar refractivity (Wildman–Crippen MR) is 81.4 cm³/mol. The third-order valence-corrected chi connectivity index (χ3v) is 2.91. The summed E-state index contributed by atoms with van der Waals surface area (Å²) in [7, 11) is 2.05. The smallest absolute Gasteiger partial charge is 0.248 e. The molecule has 0 spiro atoms. The van der Waals surface area contributed by atoms with Crippen molar-refractivity contribution in [2.45, 2.75) is 20.4 Å². The molecule has 0 fully saturated rings. The SMILES string of the molecule is CN(Cc1cccc(C(N)=O)c1)CC(C)(C)CN.Cl. The van der Waals surface area contributed by atoms with Crippen LogP contribution in [0.1, 0.15) is 29.8 Å². The summed E-state index contributed by atoms with van der Waals surface area (Å²) in [4.78, 5) is 13.3. The van der Waals surface area contributed by atoms with Crippen LogP contribution in [0.2, 0.25) is 0 Å². The topological polar surface area (TPSA) is 72.3 Å². The molecule has 108 valence electrons. The minimum absolute atomic E-state index is 0. The van der Waals surface area contributed by atoms with Gasteiger partial charge in [0.25, 0.3) is 0 Å². The molecule has 0 saturated carbocycles. The van der Waals surface area contributed by atoms with Gasteiger partial charge in [0.15, 0.2) is 0 Å². The molecule has 1 aromatic carbocycles. The second kappa shape index (κ2) is 7.48. The molecule has 0 atom stereocenters. The second-order valence-corrected chi connectivity index (χ2v) is 5.61. The van der Waals surface area contributed by atoms with Crippen LogP contribution in [-0.4, -0.2) is 30.9 Å². The van der Waals surface area contributed by atoms with Gasteiger partial charge in [-0.1, -0.05) is 26.0 Å². The van der Waals surface area contributed by atoms with E-state index in [4.69, 9.17) is 11.5 Å². The Bertz CT molecular complexity index is 421. The van der Waals surface area contributed by atoms with Gasteiger partial charge in [0.1, 0.15) is 0 Å².